The van der Waals surface area contributed by atoms with E-state index in [-0.39, 0.29) is 24.4 Å². The van der Waals surface area contributed by atoms with Crippen molar-refractivity contribution in [2.45, 2.75) is 82.7 Å². The maximum atomic E-state index is 12.6. The van der Waals surface area contributed by atoms with Gasteiger partial charge in [-0.05, 0) is 37.5 Å². The van der Waals surface area contributed by atoms with Crippen molar-refractivity contribution in [2.75, 3.05) is 6.54 Å². The summed E-state index contributed by atoms with van der Waals surface area (Å²) in [5.74, 6) is -0.297. The molecular formula is C19H30N2O4. The van der Waals surface area contributed by atoms with Gasteiger partial charge in [-0.3, -0.25) is 9.59 Å². The van der Waals surface area contributed by atoms with Crippen LogP contribution in [-0.4, -0.2) is 46.4 Å². The average molecular weight is 350 g/mol. The molecular weight excluding hydrogens is 320 g/mol. The van der Waals surface area contributed by atoms with E-state index in [1.165, 1.54) is 25.7 Å². The van der Waals surface area contributed by atoms with Crippen molar-refractivity contribution < 1.29 is 19.5 Å². The Hall–Kier alpha value is -1.59. The molecule has 0 aromatic heterocycles. The van der Waals surface area contributed by atoms with Crippen LogP contribution < -0.4 is 5.32 Å². The lowest BCUT2D eigenvalue weighted by atomic mass is 9.85. The number of likely N-dealkylation sites (tertiary alicyclic amines) is 1. The van der Waals surface area contributed by atoms with Crippen molar-refractivity contribution in [2.24, 2.45) is 11.8 Å². The molecule has 3 rings (SSSR count). The van der Waals surface area contributed by atoms with E-state index in [0.717, 1.165) is 32.1 Å². The van der Waals surface area contributed by atoms with Gasteiger partial charge in [-0.25, -0.2) is 4.79 Å². The number of aliphatic carboxylic acids is 1. The lowest BCUT2D eigenvalue weighted by molar-refractivity contribution is -0.149. The van der Waals surface area contributed by atoms with Crippen molar-refractivity contribution in [3.05, 3.63) is 0 Å². The third kappa shape index (κ3) is 4.33. The second-order valence-electron chi connectivity index (χ2n) is 7.97. The molecule has 2 amide bonds. The van der Waals surface area contributed by atoms with Gasteiger partial charge in [-0.15, -0.1) is 0 Å². The van der Waals surface area contributed by atoms with Crippen LogP contribution in [0.3, 0.4) is 0 Å². The number of nitrogens with zero attached hydrogens (tertiary/aromatic N) is 1. The Balaban J connectivity index is 1.50. The number of carboxylic acid groups (broad SMARTS) is 1. The molecule has 3 unspecified atom stereocenters. The molecule has 0 radical (unpaired) electrons. The van der Waals surface area contributed by atoms with Gasteiger partial charge in [-0.2, -0.15) is 0 Å². The first-order valence-electron chi connectivity index (χ1n) is 9.87. The summed E-state index contributed by atoms with van der Waals surface area (Å²) in [5.41, 5.74) is 0. The lowest BCUT2D eigenvalue weighted by Gasteiger charge is -2.33. The van der Waals surface area contributed by atoms with Gasteiger partial charge in [0.2, 0.25) is 11.8 Å². The molecule has 6 nitrogen and oxygen atoms in total. The highest BCUT2D eigenvalue weighted by atomic mass is 16.4. The molecule has 0 aromatic rings. The molecule has 2 aliphatic carbocycles. The summed E-state index contributed by atoms with van der Waals surface area (Å²) in [6, 6.07) is -0.686. The highest BCUT2D eigenvalue weighted by Crippen LogP contribution is 2.39. The van der Waals surface area contributed by atoms with E-state index in [1.807, 2.05) is 0 Å². The van der Waals surface area contributed by atoms with Gasteiger partial charge in [0.1, 0.15) is 6.04 Å². The molecule has 3 fully saturated rings. The number of carboxylic acids is 1. The molecule has 2 saturated carbocycles. The first-order valence-corrected chi connectivity index (χ1v) is 9.87. The van der Waals surface area contributed by atoms with E-state index in [9.17, 15) is 19.5 Å². The molecule has 2 N–H and O–H groups in total. The van der Waals surface area contributed by atoms with Gasteiger partial charge in [0.25, 0.3) is 0 Å². The maximum absolute atomic E-state index is 12.6. The van der Waals surface area contributed by atoms with Gasteiger partial charge in [0.05, 0.1) is 6.54 Å². The fourth-order valence-electron chi connectivity index (χ4n) is 5.03. The Morgan fingerprint density at radius 2 is 1.68 bits per heavy atom. The SMILES string of the molecule is O=C(CCC1CCCC1)NCC(=O)N1C(C(=O)O)CC2CCCCC21. The number of carbonyl (C=O) groups is 3. The number of nitrogens with one attached hydrogen (secondary N) is 1. The lowest BCUT2D eigenvalue weighted by Crippen LogP contribution is -2.50. The highest BCUT2D eigenvalue weighted by Gasteiger charge is 2.47. The largest absolute Gasteiger partial charge is 0.480 e. The Morgan fingerprint density at radius 1 is 1.00 bits per heavy atom. The van der Waals surface area contributed by atoms with Crippen LogP contribution in [0.5, 0.6) is 0 Å². The Labute approximate surface area is 149 Å². The first-order chi connectivity index (χ1) is 12.1. The third-order valence-corrected chi connectivity index (χ3v) is 6.35. The summed E-state index contributed by atoms with van der Waals surface area (Å²) in [6.45, 7) is -0.0729. The summed E-state index contributed by atoms with van der Waals surface area (Å²) < 4.78 is 0. The van der Waals surface area contributed by atoms with Crippen molar-refractivity contribution in [3.8, 4) is 0 Å². The molecule has 1 aliphatic heterocycles. The fourth-order valence-corrected chi connectivity index (χ4v) is 5.03. The van der Waals surface area contributed by atoms with Crippen LogP contribution in [0, 0.1) is 11.8 Å². The van der Waals surface area contributed by atoms with E-state index in [0.29, 0.717) is 24.7 Å². The normalized spacial score (nSPS) is 29.4. The zero-order valence-corrected chi connectivity index (χ0v) is 14.9. The minimum Gasteiger partial charge on any atom is -0.480 e. The van der Waals surface area contributed by atoms with Crippen molar-refractivity contribution in [1.29, 1.82) is 0 Å². The maximum Gasteiger partial charge on any atom is 0.326 e. The third-order valence-electron chi connectivity index (χ3n) is 6.35. The molecule has 25 heavy (non-hydrogen) atoms. The molecule has 0 aromatic carbocycles. The predicted molar refractivity (Wildman–Crippen MR) is 92.8 cm³/mol. The number of carbonyl (C=O) groups excluding carboxylic acids is 2. The second-order valence-corrected chi connectivity index (χ2v) is 7.97. The quantitative estimate of drug-likeness (QED) is 0.770. The standard InChI is InChI=1S/C19H30N2O4/c22-17(10-9-13-5-1-2-6-13)20-12-18(23)21-15-8-4-3-7-14(15)11-16(21)19(24)25/h13-16H,1-12H2,(H,20,22)(H,24,25). The molecule has 3 aliphatic rings. The van der Waals surface area contributed by atoms with Crippen molar-refractivity contribution in [3.63, 3.8) is 0 Å². The van der Waals surface area contributed by atoms with Gasteiger partial charge in [0, 0.05) is 12.5 Å². The number of amides is 2. The van der Waals surface area contributed by atoms with Crippen LogP contribution in [0.2, 0.25) is 0 Å². The van der Waals surface area contributed by atoms with E-state index in [2.05, 4.69) is 5.32 Å². The van der Waals surface area contributed by atoms with Crippen LogP contribution in [0.4, 0.5) is 0 Å². The molecule has 140 valence electrons. The van der Waals surface area contributed by atoms with E-state index in [4.69, 9.17) is 0 Å². The first kappa shape index (κ1) is 18.2. The van der Waals surface area contributed by atoms with E-state index >= 15 is 0 Å². The van der Waals surface area contributed by atoms with Crippen LogP contribution in [0.1, 0.15) is 70.6 Å². The highest BCUT2D eigenvalue weighted by molar-refractivity contribution is 5.88. The number of fused-ring (bicyclic) bond motifs is 1. The average Bonchev–Trinajstić information content (AvgIpc) is 3.25. The van der Waals surface area contributed by atoms with Crippen molar-refractivity contribution >= 4 is 17.8 Å². The van der Waals surface area contributed by atoms with Gasteiger partial charge >= 0.3 is 5.97 Å². The fraction of sp³-hybridized carbons (Fsp3) is 0.842. The topological polar surface area (TPSA) is 86.7 Å². The van der Waals surface area contributed by atoms with Crippen LogP contribution in [-0.2, 0) is 14.4 Å². The molecule has 3 atom stereocenters. The Kier molecular flexibility index (Phi) is 5.97. The summed E-state index contributed by atoms with van der Waals surface area (Å²) in [4.78, 5) is 37.8. The summed E-state index contributed by atoms with van der Waals surface area (Å²) in [5, 5.41) is 12.2. The monoisotopic (exact) mass is 350 g/mol. The number of hydrogen-bond donors (Lipinski definition) is 2. The smallest absolute Gasteiger partial charge is 0.326 e. The van der Waals surface area contributed by atoms with Crippen LogP contribution in [0.15, 0.2) is 0 Å². The van der Waals surface area contributed by atoms with E-state index < -0.39 is 12.0 Å². The Bertz CT molecular complexity index is 516. The minimum absolute atomic E-state index is 0.0396. The molecule has 6 heteroatoms. The second kappa shape index (κ2) is 8.19. The van der Waals surface area contributed by atoms with Gasteiger partial charge in [0.15, 0.2) is 0 Å². The number of rotatable bonds is 6. The summed E-state index contributed by atoms with van der Waals surface area (Å²) in [7, 11) is 0. The van der Waals surface area contributed by atoms with Crippen LogP contribution >= 0.6 is 0 Å². The molecule has 1 saturated heterocycles. The van der Waals surface area contributed by atoms with Gasteiger partial charge < -0.3 is 15.3 Å². The molecule has 0 bridgehead atoms. The molecule has 0 spiro atoms. The van der Waals surface area contributed by atoms with Gasteiger partial charge in [-0.1, -0.05) is 38.5 Å². The van der Waals surface area contributed by atoms with Crippen molar-refractivity contribution in [1.82, 2.24) is 10.2 Å². The van der Waals surface area contributed by atoms with Crippen LogP contribution in [0.25, 0.3) is 0 Å². The Morgan fingerprint density at radius 3 is 2.40 bits per heavy atom. The molecule has 1 heterocycles. The minimum atomic E-state index is -0.921. The zero-order valence-electron chi connectivity index (χ0n) is 14.9. The zero-order chi connectivity index (χ0) is 17.8. The number of hydrogen-bond acceptors (Lipinski definition) is 3. The summed E-state index contributed by atoms with van der Waals surface area (Å²) in [6.07, 6.45) is 10.9. The summed E-state index contributed by atoms with van der Waals surface area (Å²) >= 11 is 0. The van der Waals surface area contributed by atoms with E-state index in [1.54, 1.807) is 4.90 Å². The predicted octanol–water partition coefficient (Wildman–Crippen LogP) is 2.32.